The van der Waals surface area contributed by atoms with E-state index in [-0.39, 0.29) is 22.8 Å². The molecule has 0 radical (unpaired) electrons. The highest BCUT2D eigenvalue weighted by Gasteiger charge is 2.12. The van der Waals surface area contributed by atoms with Gasteiger partial charge in [-0.2, -0.15) is 4.68 Å². The van der Waals surface area contributed by atoms with Crippen LogP contribution in [0.5, 0.6) is 0 Å². The van der Waals surface area contributed by atoms with Crippen LogP contribution in [0.1, 0.15) is 0 Å². The van der Waals surface area contributed by atoms with Gasteiger partial charge in [0.25, 0.3) is 5.56 Å². The van der Waals surface area contributed by atoms with E-state index in [0.717, 1.165) is 4.68 Å². The van der Waals surface area contributed by atoms with Gasteiger partial charge < -0.3 is 10.2 Å². The Morgan fingerprint density at radius 3 is 2.67 bits per heavy atom. The van der Waals surface area contributed by atoms with Gasteiger partial charge in [-0.05, 0) is 30.3 Å². The van der Waals surface area contributed by atoms with Crippen LogP contribution in [0, 0.1) is 5.82 Å². The number of aromatic nitrogens is 2. The highest BCUT2D eigenvalue weighted by molar-refractivity contribution is 5.84. The zero-order valence-corrected chi connectivity index (χ0v) is 9.13. The monoisotopic (exact) mass is 245 g/mol. The van der Waals surface area contributed by atoms with Crippen LogP contribution in [0.3, 0.4) is 0 Å². The number of furan rings is 1. The van der Waals surface area contributed by atoms with Crippen LogP contribution in [-0.2, 0) is 0 Å². The molecule has 0 saturated carbocycles. The summed E-state index contributed by atoms with van der Waals surface area (Å²) >= 11 is 0. The van der Waals surface area contributed by atoms with Crippen LogP contribution in [0.15, 0.2) is 45.8 Å². The number of fused-ring (bicyclic) bond motifs is 1. The molecule has 2 heterocycles. The predicted molar refractivity (Wildman–Crippen MR) is 64.0 cm³/mol. The van der Waals surface area contributed by atoms with E-state index in [9.17, 15) is 9.18 Å². The van der Waals surface area contributed by atoms with E-state index >= 15 is 0 Å². The molecule has 5 nitrogen and oxygen atoms in total. The second kappa shape index (κ2) is 3.69. The predicted octanol–water partition coefficient (Wildman–Crippen LogP) is 1.70. The lowest BCUT2D eigenvalue weighted by molar-refractivity contribution is 0.612. The molecule has 0 bridgehead atoms. The fourth-order valence-corrected chi connectivity index (χ4v) is 1.75. The molecule has 3 aromatic rings. The summed E-state index contributed by atoms with van der Waals surface area (Å²) in [6.07, 6.45) is 1.37. The number of hydrogen-bond donors (Lipinski definition) is 1. The molecule has 0 unspecified atom stereocenters. The number of hydrogen-bond acceptors (Lipinski definition) is 4. The summed E-state index contributed by atoms with van der Waals surface area (Å²) < 4.78 is 19.0. The molecule has 2 N–H and O–H groups in total. The molecule has 0 amide bonds. The quantitative estimate of drug-likeness (QED) is 0.708. The maximum absolute atomic E-state index is 12.8. The van der Waals surface area contributed by atoms with Crippen LogP contribution in [0.25, 0.3) is 16.7 Å². The highest BCUT2D eigenvalue weighted by atomic mass is 19.1. The first-order chi connectivity index (χ1) is 8.66. The number of anilines is 1. The first-order valence-electron chi connectivity index (χ1n) is 5.19. The van der Waals surface area contributed by atoms with Gasteiger partial charge in [-0.15, -0.1) is 5.10 Å². The topological polar surface area (TPSA) is 74.0 Å². The minimum Gasteiger partial charge on any atom is -0.460 e. The summed E-state index contributed by atoms with van der Waals surface area (Å²) in [4.78, 5) is 12.1. The fourth-order valence-electron chi connectivity index (χ4n) is 1.75. The Balaban J connectivity index is 2.32. The smallest absolute Gasteiger partial charge is 0.282 e. The van der Waals surface area contributed by atoms with Gasteiger partial charge in [0.2, 0.25) is 0 Å². The van der Waals surface area contributed by atoms with E-state index < -0.39 is 0 Å². The van der Waals surface area contributed by atoms with Crippen molar-refractivity contribution in [2.24, 2.45) is 0 Å². The number of halogens is 1. The lowest BCUT2D eigenvalue weighted by Crippen LogP contribution is -2.22. The van der Waals surface area contributed by atoms with Crippen LogP contribution >= 0.6 is 0 Å². The molecular formula is C12H8FN3O2. The number of nitrogens with two attached hydrogens (primary N) is 1. The van der Waals surface area contributed by atoms with Gasteiger partial charge in [0, 0.05) is 0 Å². The summed E-state index contributed by atoms with van der Waals surface area (Å²) in [5, 5.41) is 4.28. The van der Waals surface area contributed by atoms with Crippen LogP contribution in [-0.4, -0.2) is 9.78 Å². The van der Waals surface area contributed by atoms with Gasteiger partial charge in [0.15, 0.2) is 11.4 Å². The molecule has 6 heteroatoms. The average molecular weight is 245 g/mol. The van der Waals surface area contributed by atoms with E-state index in [1.165, 1.54) is 36.6 Å². The minimum absolute atomic E-state index is 0.110. The second-order valence-corrected chi connectivity index (χ2v) is 3.74. The SMILES string of the molecule is Nc1nn(-c2ccc(F)cc2)c(=O)c2ccoc12. The number of nitrogens with zero attached hydrogens (tertiary/aromatic N) is 2. The number of rotatable bonds is 1. The van der Waals surface area contributed by atoms with Gasteiger partial charge >= 0.3 is 0 Å². The Bertz CT molecular complexity index is 774. The second-order valence-electron chi connectivity index (χ2n) is 3.74. The molecule has 0 aliphatic heterocycles. The Labute approximate surface area is 100 Å². The highest BCUT2D eigenvalue weighted by Crippen LogP contribution is 2.17. The van der Waals surface area contributed by atoms with Crippen LogP contribution < -0.4 is 11.3 Å². The van der Waals surface area contributed by atoms with Crippen molar-refractivity contribution in [3.8, 4) is 5.69 Å². The maximum atomic E-state index is 12.8. The van der Waals surface area contributed by atoms with Crippen molar-refractivity contribution in [2.45, 2.75) is 0 Å². The molecule has 0 aliphatic rings. The molecule has 0 saturated heterocycles. The van der Waals surface area contributed by atoms with Crippen molar-refractivity contribution in [1.82, 2.24) is 9.78 Å². The largest absolute Gasteiger partial charge is 0.460 e. The Kier molecular flexibility index (Phi) is 2.16. The zero-order valence-electron chi connectivity index (χ0n) is 9.13. The molecule has 0 fully saturated rings. The molecule has 18 heavy (non-hydrogen) atoms. The molecule has 3 rings (SSSR count). The fraction of sp³-hybridized carbons (Fsp3) is 0. The molecule has 90 valence electrons. The zero-order chi connectivity index (χ0) is 12.7. The van der Waals surface area contributed by atoms with Gasteiger partial charge in [-0.3, -0.25) is 4.79 Å². The average Bonchev–Trinajstić information content (AvgIpc) is 2.85. The summed E-state index contributed by atoms with van der Waals surface area (Å²) in [5.41, 5.74) is 6.04. The lowest BCUT2D eigenvalue weighted by Gasteiger charge is -2.05. The molecule has 0 atom stereocenters. The first-order valence-corrected chi connectivity index (χ1v) is 5.19. The molecule has 1 aromatic carbocycles. The van der Waals surface area contributed by atoms with Crippen molar-refractivity contribution >= 4 is 16.8 Å². The van der Waals surface area contributed by atoms with Crippen molar-refractivity contribution in [1.29, 1.82) is 0 Å². The van der Waals surface area contributed by atoms with Gasteiger partial charge in [-0.25, -0.2) is 4.39 Å². The van der Waals surface area contributed by atoms with Gasteiger partial charge in [0.1, 0.15) is 5.82 Å². The summed E-state index contributed by atoms with van der Waals surface area (Å²) in [7, 11) is 0. The van der Waals surface area contributed by atoms with Gasteiger partial charge in [-0.1, -0.05) is 0 Å². The third-order valence-electron chi connectivity index (χ3n) is 2.60. The van der Waals surface area contributed by atoms with Crippen LogP contribution in [0.2, 0.25) is 0 Å². The number of benzene rings is 1. The van der Waals surface area contributed by atoms with E-state index in [0.29, 0.717) is 11.1 Å². The summed E-state index contributed by atoms with van der Waals surface area (Å²) in [5.74, 6) is -0.275. The van der Waals surface area contributed by atoms with E-state index in [1.807, 2.05) is 0 Å². The van der Waals surface area contributed by atoms with E-state index in [4.69, 9.17) is 10.2 Å². The van der Waals surface area contributed by atoms with Crippen molar-refractivity contribution in [3.63, 3.8) is 0 Å². The maximum Gasteiger partial charge on any atom is 0.282 e. The van der Waals surface area contributed by atoms with Crippen molar-refractivity contribution in [3.05, 3.63) is 52.8 Å². The molecule has 0 aliphatic carbocycles. The van der Waals surface area contributed by atoms with Crippen molar-refractivity contribution in [2.75, 3.05) is 5.73 Å². The third kappa shape index (κ3) is 1.46. The standard InChI is InChI=1S/C12H8FN3O2/c13-7-1-3-8(4-2-7)16-12(17)9-5-6-18-10(9)11(14)15-16/h1-6H,(H2,14,15). The summed E-state index contributed by atoms with van der Waals surface area (Å²) in [6.45, 7) is 0. The molecular weight excluding hydrogens is 237 g/mol. The number of nitrogen functional groups attached to an aromatic ring is 1. The Morgan fingerprint density at radius 2 is 1.94 bits per heavy atom. The Hall–Kier alpha value is -2.63. The summed E-state index contributed by atoms with van der Waals surface area (Å²) in [6, 6.07) is 6.93. The van der Waals surface area contributed by atoms with E-state index in [1.54, 1.807) is 0 Å². The van der Waals surface area contributed by atoms with Gasteiger partial charge in [0.05, 0.1) is 17.3 Å². The van der Waals surface area contributed by atoms with E-state index in [2.05, 4.69) is 5.10 Å². The van der Waals surface area contributed by atoms with Crippen LogP contribution in [0.4, 0.5) is 10.2 Å². The lowest BCUT2D eigenvalue weighted by atomic mass is 10.3. The Morgan fingerprint density at radius 1 is 1.22 bits per heavy atom. The van der Waals surface area contributed by atoms with Crippen molar-refractivity contribution < 1.29 is 8.81 Å². The molecule has 0 spiro atoms. The molecule has 2 aromatic heterocycles. The third-order valence-corrected chi connectivity index (χ3v) is 2.60. The minimum atomic E-state index is -0.385. The normalized spacial score (nSPS) is 10.9. The first kappa shape index (κ1) is 10.5.